The van der Waals surface area contributed by atoms with E-state index in [0.29, 0.717) is 18.3 Å². The summed E-state index contributed by atoms with van der Waals surface area (Å²) in [5.41, 5.74) is -0.928. The molecule has 3 atom stereocenters. The number of carbonyl (C=O) groups is 3. The second-order valence-electron chi connectivity index (χ2n) is 7.06. The van der Waals surface area contributed by atoms with E-state index < -0.39 is 5.54 Å². The molecule has 3 aliphatic rings. The van der Waals surface area contributed by atoms with E-state index in [0.717, 1.165) is 12.3 Å². The molecule has 2 saturated carbocycles. The zero-order valence-electron chi connectivity index (χ0n) is 12.1. The van der Waals surface area contributed by atoms with Crippen molar-refractivity contribution in [3.8, 4) is 0 Å². The molecule has 1 N–H and O–H groups in total. The Bertz CT molecular complexity index is 472. The van der Waals surface area contributed by atoms with Gasteiger partial charge in [0.25, 0.3) is 5.91 Å². The summed E-state index contributed by atoms with van der Waals surface area (Å²) in [6, 6.07) is 0. The van der Waals surface area contributed by atoms with Gasteiger partial charge in [0.15, 0.2) is 0 Å². The molecule has 2 aliphatic carbocycles. The average molecular weight is 278 g/mol. The van der Waals surface area contributed by atoms with E-state index in [1.807, 2.05) is 0 Å². The summed E-state index contributed by atoms with van der Waals surface area (Å²) in [4.78, 5) is 37.4. The van der Waals surface area contributed by atoms with Crippen molar-refractivity contribution >= 4 is 17.7 Å². The van der Waals surface area contributed by atoms with Gasteiger partial charge < -0.3 is 4.90 Å². The number of hydrogen-bond donors (Lipinski definition) is 1. The summed E-state index contributed by atoms with van der Waals surface area (Å²) < 4.78 is 0. The van der Waals surface area contributed by atoms with Crippen molar-refractivity contribution in [3.63, 3.8) is 0 Å². The smallest absolute Gasteiger partial charge is 0.252 e. The first-order valence-electron chi connectivity index (χ1n) is 7.52. The average Bonchev–Trinajstić information content (AvgIpc) is 2.96. The van der Waals surface area contributed by atoms with Gasteiger partial charge in [-0.2, -0.15) is 0 Å². The summed E-state index contributed by atoms with van der Waals surface area (Å²) in [5.74, 6) is 1.14. The van der Waals surface area contributed by atoms with Gasteiger partial charge in [-0.3, -0.25) is 19.7 Å². The van der Waals surface area contributed by atoms with Crippen molar-refractivity contribution in [2.24, 2.45) is 17.8 Å². The molecule has 0 aromatic carbocycles. The van der Waals surface area contributed by atoms with E-state index >= 15 is 0 Å². The van der Waals surface area contributed by atoms with Crippen LogP contribution >= 0.6 is 0 Å². The maximum absolute atomic E-state index is 12.5. The van der Waals surface area contributed by atoms with Gasteiger partial charge in [-0.1, -0.05) is 6.42 Å². The predicted octanol–water partition coefficient (Wildman–Crippen LogP) is 1.08. The van der Waals surface area contributed by atoms with Gasteiger partial charge in [0.05, 0.1) is 0 Å². The second kappa shape index (κ2) is 4.57. The minimum atomic E-state index is -0.928. The standard InChI is InChI=1S/C15H22N2O3/c1-15(2)14(20)16-12(18)8-17(15)13(19)7-11-6-9-3-4-10(11)5-9/h9-11H,3-8H2,1-2H3,(H,16,18,20). The van der Waals surface area contributed by atoms with Crippen LogP contribution < -0.4 is 5.32 Å². The Balaban J connectivity index is 1.69. The van der Waals surface area contributed by atoms with E-state index in [4.69, 9.17) is 0 Å². The van der Waals surface area contributed by atoms with Crippen molar-refractivity contribution in [1.29, 1.82) is 0 Å². The predicted molar refractivity (Wildman–Crippen MR) is 72.5 cm³/mol. The first-order chi connectivity index (χ1) is 9.38. The number of rotatable bonds is 2. The number of fused-ring (bicyclic) bond motifs is 2. The van der Waals surface area contributed by atoms with Crippen LogP contribution in [0.1, 0.15) is 46.0 Å². The normalized spacial score (nSPS) is 35.3. The van der Waals surface area contributed by atoms with Crippen LogP contribution in [0.15, 0.2) is 0 Å². The van der Waals surface area contributed by atoms with Gasteiger partial charge in [0.2, 0.25) is 11.8 Å². The Morgan fingerprint density at radius 1 is 1.30 bits per heavy atom. The number of piperazine rings is 1. The third-order valence-corrected chi connectivity index (χ3v) is 5.41. The highest BCUT2D eigenvalue weighted by atomic mass is 16.2. The molecule has 3 unspecified atom stereocenters. The largest absolute Gasteiger partial charge is 0.319 e. The highest BCUT2D eigenvalue weighted by Crippen LogP contribution is 2.49. The summed E-state index contributed by atoms with van der Waals surface area (Å²) in [6.07, 6.45) is 5.45. The van der Waals surface area contributed by atoms with Gasteiger partial charge >= 0.3 is 0 Å². The van der Waals surface area contributed by atoms with Crippen molar-refractivity contribution in [1.82, 2.24) is 10.2 Å². The Morgan fingerprint density at radius 2 is 2.05 bits per heavy atom. The topological polar surface area (TPSA) is 66.5 Å². The molecule has 1 saturated heterocycles. The first-order valence-corrected chi connectivity index (χ1v) is 7.52. The molecule has 1 heterocycles. The van der Waals surface area contributed by atoms with Crippen LogP contribution in [-0.4, -0.2) is 34.7 Å². The van der Waals surface area contributed by atoms with Gasteiger partial charge in [-0.25, -0.2) is 0 Å². The SMILES string of the molecule is CC1(C)C(=O)NC(=O)CN1C(=O)CC1CC2CCC1C2. The molecule has 5 nitrogen and oxygen atoms in total. The molecule has 3 rings (SSSR count). The lowest BCUT2D eigenvalue weighted by Crippen LogP contribution is -2.65. The minimum Gasteiger partial charge on any atom is -0.319 e. The van der Waals surface area contributed by atoms with E-state index in [2.05, 4.69) is 5.32 Å². The fourth-order valence-electron chi connectivity index (χ4n) is 4.14. The van der Waals surface area contributed by atoms with Crippen LogP contribution in [0.2, 0.25) is 0 Å². The Labute approximate surface area is 119 Å². The number of carbonyl (C=O) groups excluding carboxylic acids is 3. The van der Waals surface area contributed by atoms with Crippen LogP contribution in [0.4, 0.5) is 0 Å². The number of nitrogens with zero attached hydrogens (tertiary/aromatic N) is 1. The number of hydrogen-bond acceptors (Lipinski definition) is 3. The number of amides is 3. The second-order valence-corrected chi connectivity index (χ2v) is 7.06. The molecule has 0 aromatic heterocycles. The summed E-state index contributed by atoms with van der Waals surface area (Å²) in [6.45, 7) is 3.40. The molecule has 5 heteroatoms. The van der Waals surface area contributed by atoms with Crippen LogP contribution in [-0.2, 0) is 14.4 Å². The van der Waals surface area contributed by atoms with Crippen molar-refractivity contribution in [3.05, 3.63) is 0 Å². The zero-order valence-corrected chi connectivity index (χ0v) is 12.1. The molecule has 0 spiro atoms. The monoisotopic (exact) mass is 278 g/mol. The van der Waals surface area contributed by atoms with Crippen molar-refractivity contribution < 1.29 is 14.4 Å². The zero-order chi connectivity index (χ0) is 14.5. The fourth-order valence-corrected chi connectivity index (χ4v) is 4.14. The van der Waals surface area contributed by atoms with Crippen LogP contribution in [0, 0.1) is 17.8 Å². The third-order valence-electron chi connectivity index (χ3n) is 5.41. The van der Waals surface area contributed by atoms with Gasteiger partial charge in [-0.05, 0) is 50.9 Å². The molecule has 1 aliphatic heterocycles. The summed E-state index contributed by atoms with van der Waals surface area (Å²) in [5, 5.41) is 2.30. The Kier molecular flexibility index (Phi) is 3.10. The minimum absolute atomic E-state index is 0.00160. The highest BCUT2D eigenvalue weighted by Gasteiger charge is 2.46. The van der Waals surface area contributed by atoms with Crippen molar-refractivity contribution in [2.45, 2.75) is 51.5 Å². The number of nitrogens with one attached hydrogen (secondary N) is 1. The van der Waals surface area contributed by atoms with Crippen LogP contribution in [0.5, 0.6) is 0 Å². The molecule has 0 radical (unpaired) electrons. The maximum atomic E-state index is 12.5. The molecular formula is C15H22N2O3. The Morgan fingerprint density at radius 3 is 2.65 bits per heavy atom. The maximum Gasteiger partial charge on any atom is 0.252 e. The van der Waals surface area contributed by atoms with Gasteiger partial charge in [0, 0.05) is 6.42 Å². The lowest BCUT2D eigenvalue weighted by atomic mass is 9.85. The highest BCUT2D eigenvalue weighted by molar-refractivity contribution is 6.06. The lowest BCUT2D eigenvalue weighted by molar-refractivity contribution is -0.156. The van der Waals surface area contributed by atoms with Crippen LogP contribution in [0.3, 0.4) is 0 Å². The van der Waals surface area contributed by atoms with Gasteiger partial charge in [-0.15, -0.1) is 0 Å². The first kappa shape index (κ1) is 13.6. The van der Waals surface area contributed by atoms with E-state index in [1.165, 1.54) is 24.2 Å². The van der Waals surface area contributed by atoms with E-state index in [1.54, 1.807) is 13.8 Å². The van der Waals surface area contributed by atoms with Gasteiger partial charge in [0.1, 0.15) is 12.1 Å². The lowest BCUT2D eigenvalue weighted by Gasteiger charge is -2.41. The molecule has 3 amide bonds. The quantitative estimate of drug-likeness (QED) is 0.769. The van der Waals surface area contributed by atoms with Crippen molar-refractivity contribution in [2.75, 3.05) is 6.54 Å². The molecule has 3 fully saturated rings. The molecule has 110 valence electrons. The fraction of sp³-hybridized carbons (Fsp3) is 0.800. The summed E-state index contributed by atoms with van der Waals surface area (Å²) in [7, 11) is 0. The molecule has 2 bridgehead atoms. The number of imide groups is 1. The molecular weight excluding hydrogens is 256 g/mol. The Hall–Kier alpha value is -1.39. The summed E-state index contributed by atoms with van der Waals surface area (Å²) >= 11 is 0. The molecule has 0 aromatic rings. The van der Waals surface area contributed by atoms with E-state index in [-0.39, 0.29) is 24.3 Å². The third kappa shape index (κ3) is 2.13. The van der Waals surface area contributed by atoms with Crippen LogP contribution in [0.25, 0.3) is 0 Å². The molecule has 20 heavy (non-hydrogen) atoms. The van der Waals surface area contributed by atoms with E-state index in [9.17, 15) is 14.4 Å².